The third-order valence-corrected chi connectivity index (χ3v) is 13.5. The van der Waals surface area contributed by atoms with Crippen molar-refractivity contribution in [2.75, 3.05) is 0 Å². The molecular formula is C58H46N4. The number of aromatic nitrogens is 4. The van der Waals surface area contributed by atoms with E-state index in [4.69, 9.17) is 15.0 Å². The first-order chi connectivity index (χ1) is 30.5. The van der Waals surface area contributed by atoms with Gasteiger partial charge in [0.15, 0.2) is 5.82 Å². The van der Waals surface area contributed by atoms with Crippen LogP contribution in [-0.4, -0.2) is 19.5 Å². The van der Waals surface area contributed by atoms with E-state index in [2.05, 4.69) is 184 Å². The van der Waals surface area contributed by atoms with E-state index in [-0.39, 0.29) is 11.3 Å². The molecule has 2 heterocycles. The Hall–Kier alpha value is -7.43. The maximum absolute atomic E-state index is 5.38. The van der Waals surface area contributed by atoms with E-state index in [0.717, 1.165) is 35.4 Å². The van der Waals surface area contributed by atoms with Crippen LogP contribution in [0, 0.1) is 13.8 Å². The number of para-hydroxylation sites is 1. The van der Waals surface area contributed by atoms with Crippen molar-refractivity contribution in [1.29, 1.82) is 0 Å². The molecule has 1 unspecified atom stereocenters. The van der Waals surface area contributed by atoms with Crippen LogP contribution in [0.25, 0.3) is 67.7 Å². The van der Waals surface area contributed by atoms with Gasteiger partial charge in [-0.25, -0.2) is 4.98 Å². The molecule has 62 heavy (non-hydrogen) atoms. The Bertz CT molecular complexity index is 3210. The maximum atomic E-state index is 5.38. The minimum Gasteiger partial charge on any atom is -0.278 e. The highest BCUT2D eigenvalue weighted by atomic mass is 15.2. The van der Waals surface area contributed by atoms with Crippen molar-refractivity contribution in [3.63, 3.8) is 0 Å². The molecule has 11 rings (SSSR count). The molecule has 0 fully saturated rings. The summed E-state index contributed by atoms with van der Waals surface area (Å²) in [5.74, 6) is 2.11. The van der Waals surface area contributed by atoms with Gasteiger partial charge < -0.3 is 0 Å². The number of fused-ring (bicyclic) bond motifs is 11. The molecule has 4 heteroatoms. The van der Waals surface area contributed by atoms with Crippen LogP contribution in [0.3, 0.4) is 0 Å². The van der Waals surface area contributed by atoms with E-state index in [9.17, 15) is 0 Å². The molecule has 2 aromatic heterocycles. The van der Waals surface area contributed by atoms with Crippen LogP contribution >= 0.6 is 0 Å². The molecule has 0 saturated carbocycles. The average molecular weight is 799 g/mol. The Morgan fingerprint density at radius 1 is 0.581 bits per heavy atom. The monoisotopic (exact) mass is 798 g/mol. The van der Waals surface area contributed by atoms with E-state index >= 15 is 0 Å². The summed E-state index contributed by atoms with van der Waals surface area (Å²) in [5, 5.41) is 1.17. The SMILES string of the molecule is C=C/C=C\c1c(C)c2ccccc2n1-c1nc(-c2ccccc2)nc(C(CC)Cc2ccccc2-c2ccc3c(c2C)-c2ccccc2C32c3ccccc3-c3ccccc32)n1. The number of nitrogens with zero attached hydrogens (tertiary/aromatic N) is 4. The third kappa shape index (κ3) is 5.56. The minimum atomic E-state index is -0.368. The van der Waals surface area contributed by atoms with E-state index < -0.39 is 0 Å². The normalized spacial score (nSPS) is 13.6. The Morgan fingerprint density at radius 2 is 1.19 bits per heavy atom. The molecule has 9 aromatic rings. The second kappa shape index (κ2) is 14.9. The van der Waals surface area contributed by atoms with Crippen molar-refractivity contribution < 1.29 is 0 Å². The van der Waals surface area contributed by atoms with Gasteiger partial charge in [0, 0.05) is 16.9 Å². The summed E-state index contributed by atoms with van der Waals surface area (Å²) in [4.78, 5) is 15.9. The van der Waals surface area contributed by atoms with Crippen molar-refractivity contribution in [2.24, 2.45) is 0 Å². The first kappa shape index (κ1) is 37.6. The standard InChI is InChI=1S/C58H46N4/c1-5-7-32-52-37(3)43-24-16-20-33-53(43)62(52)57-60-55(59-56(61-57)40-21-9-8-10-22-40)39(6-2)36-41-23-11-12-25-44(41)42-34-35-51-54(38(42)4)47-28-15-19-31-50(47)58(51)48-29-17-13-26-45(48)46-27-14-18-30-49(46)58/h5,7-35,39H,1,6,36H2,2-4H3/b32-7-. The molecule has 0 amide bonds. The van der Waals surface area contributed by atoms with E-state index in [1.165, 1.54) is 77.7 Å². The fourth-order valence-corrected chi connectivity index (χ4v) is 10.7. The first-order valence-electron chi connectivity index (χ1n) is 21.8. The summed E-state index contributed by atoms with van der Waals surface area (Å²) >= 11 is 0. The third-order valence-electron chi connectivity index (χ3n) is 13.5. The largest absolute Gasteiger partial charge is 0.278 e. The Morgan fingerprint density at radius 3 is 1.90 bits per heavy atom. The number of aryl methyl sites for hydroxylation is 1. The lowest BCUT2D eigenvalue weighted by atomic mass is 9.70. The lowest BCUT2D eigenvalue weighted by Crippen LogP contribution is -2.25. The number of hydrogen-bond acceptors (Lipinski definition) is 3. The Balaban J connectivity index is 1.05. The minimum absolute atomic E-state index is 0.0284. The van der Waals surface area contributed by atoms with E-state index in [1.54, 1.807) is 0 Å². The zero-order chi connectivity index (χ0) is 42.0. The van der Waals surface area contributed by atoms with Crippen LogP contribution in [0.15, 0.2) is 183 Å². The summed E-state index contributed by atoms with van der Waals surface area (Å²) in [6.45, 7) is 10.7. The van der Waals surface area contributed by atoms with Gasteiger partial charge in [-0.1, -0.05) is 183 Å². The van der Waals surface area contributed by atoms with Gasteiger partial charge in [0.05, 0.1) is 16.6 Å². The second-order valence-electron chi connectivity index (χ2n) is 16.7. The fourth-order valence-electron chi connectivity index (χ4n) is 10.7. The van der Waals surface area contributed by atoms with E-state index in [0.29, 0.717) is 11.8 Å². The summed E-state index contributed by atoms with van der Waals surface area (Å²) in [5.41, 5.74) is 19.7. The predicted octanol–water partition coefficient (Wildman–Crippen LogP) is 14.0. The molecule has 7 aromatic carbocycles. The van der Waals surface area contributed by atoms with Gasteiger partial charge in [-0.05, 0) is 111 Å². The molecule has 0 saturated heterocycles. The molecule has 0 N–H and O–H groups in total. The molecule has 0 aliphatic heterocycles. The van der Waals surface area contributed by atoms with E-state index in [1.807, 2.05) is 30.4 Å². The molecule has 2 aliphatic rings. The van der Waals surface area contributed by atoms with Gasteiger partial charge in [-0.15, -0.1) is 0 Å². The first-order valence-corrected chi connectivity index (χ1v) is 21.8. The van der Waals surface area contributed by atoms with Crippen LogP contribution in [0.1, 0.15) is 69.7 Å². The summed E-state index contributed by atoms with van der Waals surface area (Å²) in [6, 6.07) is 59.7. The molecular weight excluding hydrogens is 753 g/mol. The van der Waals surface area contributed by atoms with Gasteiger partial charge in [0.25, 0.3) is 0 Å². The van der Waals surface area contributed by atoms with Crippen molar-refractivity contribution in [2.45, 2.75) is 44.9 Å². The molecule has 4 nitrogen and oxygen atoms in total. The van der Waals surface area contributed by atoms with Gasteiger partial charge in [-0.2, -0.15) is 9.97 Å². The highest BCUT2D eigenvalue weighted by Gasteiger charge is 2.52. The summed E-state index contributed by atoms with van der Waals surface area (Å²) < 4.78 is 2.18. The van der Waals surface area contributed by atoms with Gasteiger partial charge in [0.2, 0.25) is 5.95 Å². The predicted molar refractivity (Wildman–Crippen MR) is 256 cm³/mol. The van der Waals surface area contributed by atoms with Crippen LogP contribution in [0.2, 0.25) is 0 Å². The van der Waals surface area contributed by atoms with Crippen LogP contribution < -0.4 is 0 Å². The quantitative estimate of drug-likeness (QED) is 0.137. The van der Waals surface area contributed by atoms with Crippen molar-refractivity contribution in [3.8, 4) is 50.7 Å². The zero-order valence-electron chi connectivity index (χ0n) is 35.3. The molecule has 0 radical (unpaired) electrons. The topological polar surface area (TPSA) is 43.6 Å². The van der Waals surface area contributed by atoms with Crippen LogP contribution in [0.4, 0.5) is 0 Å². The molecule has 0 bridgehead atoms. The lowest BCUT2D eigenvalue weighted by molar-refractivity contribution is 0.611. The van der Waals surface area contributed by atoms with Gasteiger partial charge in [0.1, 0.15) is 5.82 Å². The van der Waals surface area contributed by atoms with Crippen molar-refractivity contribution >= 4 is 17.0 Å². The van der Waals surface area contributed by atoms with Crippen molar-refractivity contribution in [3.05, 3.63) is 233 Å². The summed E-state index contributed by atoms with van der Waals surface area (Å²) in [6.07, 6.45) is 7.53. The van der Waals surface area contributed by atoms with Gasteiger partial charge >= 0.3 is 0 Å². The number of hydrogen-bond donors (Lipinski definition) is 0. The maximum Gasteiger partial charge on any atom is 0.238 e. The van der Waals surface area contributed by atoms with Crippen LogP contribution in [-0.2, 0) is 11.8 Å². The van der Waals surface area contributed by atoms with Gasteiger partial charge in [-0.3, -0.25) is 4.57 Å². The number of allylic oxidation sites excluding steroid dienone is 2. The zero-order valence-corrected chi connectivity index (χ0v) is 35.3. The fraction of sp³-hybridized carbons (Fsp3) is 0.121. The highest BCUT2D eigenvalue weighted by Crippen LogP contribution is 2.63. The molecule has 1 spiro atoms. The molecule has 2 aliphatic carbocycles. The average Bonchev–Trinajstić information content (AvgIpc) is 3.91. The smallest absolute Gasteiger partial charge is 0.238 e. The Kier molecular flexibility index (Phi) is 9.05. The number of rotatable bonds is 9. The number of benzene rings is 7. The summed E-state index contributed by atoms with van der Waals surface area (Å²) in [7, 11) is 0. The Labute approximate surface area is 363 Å². The lowest BCUT2D eigenvalue weighted by Gasteiger charge is -2.30. The molecule has 298 valence electrons. The van der Waals surface area contributed by atoms with Crippen molar-refractivity contribution in [1.82, 2.24) is 19.5 Å². The molecule has 1 atom stereocenters. The van der Waals surface area contributed by atoms with Crippen LogP contribution in [0.5, 0.6) is 0 Å². The highest BCUT2D eigenvalue weighted by molar-refractivity contribution is 5.97. The second-order valence-corrected chi connectivity index (χ2v) is 16.7.